The summed E-state index contributed by atoms with van der Waals surface area (Å²) in [6.07, 6.45) is 11.7. The number of hydrogen-bond donors (Lipinski definition) is 1. The average molecular weight is 368 g/mol. The first-order chi connectivity index (χ1) is 13.8. The maximum absolute atomic E-state index is 13.1. The second-order valence-electron chi connectivity index (χ2n) is 8.63. The maximum atomic E-state index is 13.1. The van der Waals surface area contributed by atoms with E-state index in [4.69, 9.17) is 0 Å². The van der Waals surface area contributed by atoms with Gasteiger partial charge in [-0.1, -0.05) is 42.5 Å². The van der Waals surface area contributed by atoms with Crippen LogP contribution < -0.4 is 10.2 Å². The smallest absolute Gasteiger partial charge is 0.255 e. The molecule has 2 aromatic carbocycles. The van der Waals surface area contributed by atoms with Gasteiger partial charge in [0, 0.05) is 41.9 Å². The summed E-state index contributed by atoms with van der Waals surface area (Å²) in [5, 5.41) is 3.08. The van der Waals surface area contributed by atoms with Crippen LogP contribution in [-0.2, 0) is 0 Å². The van der Waals surface area contributed by atoms with E-state index in [0.29, 0.717) is 23.7 Å². The van der Waals surface area contributed by atoms with Gasteiger partial charge in [0.15, 0.2) is 0 Å². The largest absolute Gasteiger partial charge is 0.370 e. The van der Waals surface area contributed by atoms with E-state index < -0.39 is 0 Å². The van der Waals surface area contributed by atoms with E-state index >= 15 is 0 Å². The van der Waals surface area contributed by atoms with E-state index in [2.05, 4.69) is 46.7 Å². The molecule has 6 rings (SSSR count). The zero-order chi connectivity index (χ0) is 18.7. The zero-order valence-electron chi connectivity index (χ0n) is 15.8. The molecule has 2 aliphatic heterocycles. The van der Waals surface area contributed by atoms with Gasteiger partial charge < -0.3 is 10.2 Å². The van der Waals surface area contributed by atoms with E-state index in [1.165, 1.54) is 16.8 Å². The molecule has 28 heavy (non-hydrogen) atoms. The molecule has 0 saturated carbocycles. The van der Waals surface area contributed by atoms with Crippen molar-refractivity contribution >= 4 is 17.3 Å². The van der Waals surface area contributed by atoms with Gasteiger partial charge >= 0.3 is 0 Å². The Morgan fingerprint density at radius 3 is 2.11 bits per heavy atom. The van der Waals surface area contributed by atoms with Crippen LogP contribution in [0.4, 0.5) is 11.4 Å². The van der Waals surface area contributed by atoms with Crippen LogP contribution in [0.25, 0.3) is 0 Å². The molecule has 3 nitrogen and oxygen atoms in total. The van der Waals surface area contributed by atoms with Crippen molar-refractivity contribution in [3.05, 3.63) is 83.5 Å². The van der Waals surface area contributed by atoms with Gasteiger partial charge in [-0.2, -0.15) is 0 Å². The van der Waals surface area contributed by atoms with Crippen LogP contribution in [0.1, 0.15) is 46.2 Å². The van der Waals surface area contributed by atoms with Gasteiger partial charge in [0.1, 0.15) is 0 Å². The highest BCUT2D eigenvalue weighted by Crippen LogP contribution is 2.53. The molecule has 0 unspecified atom stereocenters. The van der Waals surface area contributed by atoms with E-state index in [-0.39, 0.29) is 5.91 Å². The first kappa shape index (κ1) is 16.2. The van der Waals surface area contributed by atoms with Gasteiger partial charge in [-0.15, -0.1) is 0 Å². The molecular weight excluding hydrogens is 344 g/mol. The van der Waals surface area contributed by atoms with Gasteiger partial charge in [0.2, 0.25) is 0 Å². The average Bonchev–Trinajstić information content (AvgIpc) is 3.38. The summed E-state index contributed by atoms with van der Waals surface area (Å²) in [7, 11) is 0. The van der Waals surface area contributed by atoms with Gasteiger partial charge in [-0.3, -0.25) is 4.79 Å². The van der Waals surface area contributed by atoms with Crippen LogP contribution in [0.2, 0.25) is 0 Å². The molecule has 0 aromatic heterocycles. The van der Waals surface area contributed by atoms with Crippen molar-refractivity contribution in [1.29, 1.82) is 0 Å². The van der Waals surface area contributed by atoms with Gasteiger partial charge in [0.05, 0.1) is 0 Å². The minimum Gasteiger partial charge on any atom is -0.370 e. The number of rotatable bonds is 2. The normalized spacial score (nSPS) is 28.6. The van der Waals surface area contributed by atoms with E-state index in [1.807, 2.05) is 30.3 Å². The summed E-state index contributed by atoms with van der Waals surface area (Å²) in [6.45, 7) is 2.30. The number of para-hydroxylation sites is 1. The maximum Gasteiger partial charge on any atom is 0.255 e. The number of amides is 1. The van der Waals surface area contributed by atoms with Crippen LogP contribution in [0.5, 0.6) is 0 Å². The molecule has 3 heteroatoms. The van der Waals surface area contributed by atoms with E-state index in [1.54, 1.807) is 0 Å². The molecule has 1 N–H and O–H groups in total. The van der Waals surface area contributed by atoms with Crippen LogP contribution in [0, 0.1) is 11.8 Å². The Morgan fingerprint density at radius 1 is 0.893 bits per heavy atom. The van der Waals surface area contributed by atoms with E-state index in [9.17, 15) is 4.79 Å². The van der Waals surface area contributed by atoms with E-state index in [0.717, 1.165) is 37.2 Å². The van der Waals surface area contributed by atoms with Crippen molar-refractivity contribution in [2.75, 3.05) is 23.3 Å². The third kappa shape index (κ3) is 2.39. The number of benzene rings is 2. The number of hydrogen-bond acceptors (Lipinski definition) is 2. The van der Waals surface area contributed by atoms with Crippen molar-refractivity contribution in [2.24, 2.45) is 11.8 Å². The Kier molecular flexibility index (Phi) is 3.52. The summed E-state index contributed by atoms with van der Waals surface area (Å²) >= 11 is 0. The first-order valence-electron chi connectivity index (χ1n) is 10.4. The number of nitrogens with zero attached hydrogens (tertiary/aromatic N) is 1. The number of allylic oxidation sites excluding steroid dienone is 4. The summed E-state index contributed by atoms with van der Waals surface area (Å²) in [6, 6.07) is 14.1. The summed E-state index contributed by atoms with van der Waals surface area (Å²) < 4.78 is 0. The fraction of sp³-hybridized carbons (Fsp3) is 0.320. The van der Waals surface area contributed by atoms with Crippen molar-refractivity contribution in [3.8, 4) is 0 Å². The second kappa shape index (κ2) is 6.10. The molecule has 0 fully saturated rings. The highest BCUT2D eigenvalue weighted by Gasteiger charge is 2.42. The Morgan fingerprint density at radius 2 is 1.50 bits per heavy atom. The minimum absolute atomic E-state index is 0.00926. The Labute approximate surface area is 165 Å². The fourth-order valence-corrected chi connectivity index (χ4v) is 5.73. The number of fused-ring (bicyclic) bond motifs is 4. The van der Waals surface area contributed by atoms with Crippen molar-refractivity contribution in [2.45, 2.75) is 24.7 Å². The third-order valence-corrected chi connectivity index (χ3v) is 6.99. The molecule has 4 aliphatic rings. The van der Waals surface area contributed by atoms with Crippen molar-refractivity contribution in [3.63, 3.8) is 0 Å². The Balaban J connectivity index is 1.47. The molecule has 1 amide bonds. The number of carbonyl (C=O) groups is 1. The fourth-order valence-electron chi connectivity index (χ4n) is 5.73. The summed E-state index contributed by atoms with van der Waals surface area (Å²) in [4.78, 5) is 15.7. The second-order valence-corrected chi connectivity index (χ2v) is 8.63. The molecule has 2 heterocycles. The lowest BCUT2D eigenvalue weighted by Crippen LogP contribution is -2.43. The molecule has 0 radical (unpaired) electrons. The van der Waals surface area contributed by atoms with Crippen molar-refractivity contribution in [1.82, 2.24) is 0 Å². The lowest BCUT2D eigenvalue weighted by Gasteiger charge is -2.46. The van der Waals surface area contributed by atoms with Gasteiger partial charge in [-0.05, 0) is 60.1 Å². The van der Waals surface area contributed by atoms with Crippen molar-refractivity contribution < 1.29 is 4.79 Å². The molecule has 0 spiro atoms. The first-order valence-corrected chi connectivity index (χ1v) is 10.4. The molecule has 0 bridgehead atoms. The summed E-state index contributed by atoms with van der Waals surface area (Å²) in [5.74, 6) is 2.20. The minimum atomic E-state index is -0.00926. The Bertz CT molecular complexity index is 955. The van der Waals surface area contributed by atoms with Crippen LogP contribution in [-0.4, -0.2) is 19.0 Å². The SMILES string of the molecule is O=C(Nc1ccccc1)c1cc2c3c(c1)[C@H]1C=CC[C@@H]1CN3C[C@H]1CC=C[C@H]21. The topological polar surface area (TPSA) is 32.3 Å². The quantitative estimate of drug-likeness (QED) is 0.749. The highest BCUT2D eigenvalue weighted by molar-refractivity contribution is 6.05. The lowest BCUT2D eigenvalue weighted by molar-refractivity contribution is 0.102. The standard InChI is InChI=1S/C25H24N2O/c28-25(26-19-8-2-1-3-9-19)18-12-22-20-10-4-6-16(20)14-27-15-17-7-5-11-21(17)23(13-18)24(22)27/h1-5,8-13,16-17,20-21H,6-7,14-15H2,(H,26,28)/t16-,17-,20+,21+/m1/s1. The number of anilines is 2. The monoisotopic (exact) mass is 368 g/mol. The predicted octanol–water partition coefficient (Wildman–Crippen LogP) is 5.09. The van der Waals surface area contributed by atoms with Crippen LogP contribution >= 0.6 is 0 Å². The van der Waals surface area contributed by atoms with Crippen LogP contribution in [0.3, 0.4) is 0 Å². The molecule has 0 saturated heterocycles. The third-order valence-electron chi connectivity index (χ3n) is 6.99. The van der Waals surface area contributed by atoms with Gasteiger partial charge in [-0.25, -0.2) is 0 Å². The lowest BCUT2D eigenvalue weighted by atomic mass is 9.74. The highest BCUT2D eigenvalue weighted by atomic mass is 16.1. The van der Waals surface area contributed by atoms with Gasteiger partial charge in [0.25, 0.3) is 5.91 Å². The number of nitrogens with one attached hydrogen (secondary N) is 1. The number of carbonyl (C=O) groups excluding carboxylic acids is 1. The molecular formula is C25H24N2O. The molecule has 2 aliphatic carbocycles. The zero-order valence-corrected chi connectivity index (χ0v) is 15.8. The summed E-state index contributed by atoms with van der Waals surface area (Å²) in [5.41, 5.74) is 5.77. The Hall–Kier alpha value is -2.81. The van der Waals surface area contributed by atoms with Crippen LogP contribution in [0.15, 0.2) is 66.8 Å². The predicted molar refractivity (Wildman–Crippen MR) is 113 cm³/mol. The molecule has 4 atom stereocenters. The molecule has 2 aromatic rings. The molecule has 140 valence electrons.